The highest BCUT2D eigenvalue weighted by atomic mass is 16.3. The summed E-state index contributed by atoms with van der Waals surface area (Å²) in [7, 11) is 0. The summed E-state index contributed by atoms with van der Waals surface area (Å²) in [4.78, 5) is 12.6. The normalized spacial score (nSPS) is 14.2. The largest absolute Gasteiger partial charge is 0.394 e. The number of hydrogen-bond acceptors (Lipinski definition) is 5. The number of nitrogens with one attached hydrogen (secondary N) is 1. The molecule has 0 aliphatic carbocycles. The van der Waals surface area contributed by atoms with E-state index in [-0.39, 0.29) is 0 Å². The third-order valence-electron chi connectivity index (χ3n) is 13.0. The van der Waals surface area contributed by atoms with Gasteiger partial charge in [-0.05, 0) is 89.9 Å². The Kier molecular flexibility index (Phi) is 50.8. The van der Waals surface area contributed by atoms with Crippen molar-refractivity contribution in [3.05, 3.63) is 48.6 Å². The van der Waals surface area contributed by atoms with E-state index in [0.717, 1.165) is 64.2 Å². The van der Waals surface area contributed by atoms with Crippen LogP contribution in [0.4, 0.5) is 0 Å². The van der Waals surface area contributed by atoms with E-state index >= 15 is 0 Å². The number of rotatable bonds is 51. The Morgan fingerprint density at radius 1 is 0.375 bits per heavy atom. The lowest BCUT2D eigenvalue weighted by atomic mass is 10.00. The van der Waals surface area contributed by atoms with Gasteiger partial charge >= 0.3 is 0 Å². The lowest BCUT2D eigenvalue weighted by Crippen LogP contribution is -2.53. The van der Waals surface area contributed by atoms with Gasteiger partial charge in [-0.25, -0.2) is 0 Å². The van der Waals surface area contributed by atoms with E-state index in [2.05, 4.69) is 67.8 Å². The SMILES string of the molecule is CCCCCCCCCC/C=C\CCCCCCCCC(O)C(=O)NC(CO)C(O)C(O)CCC/C=C/CC/C=C/CC/C=C/CCCCCCCCCCCCCCCCCCC. The van der Waals surface area contributed by atoms with Crippen molar-refractivity contribution >= 4 is 5.91 Å². The molecule has 5 N–H and O–H groups in total. The molecular formula is C58H109NO5. The van der Waals surface area contributed by atoms with Crippen LogP contribution in [0.3, 0.4) is 0 Å². The highest BCUT2D eigenvalue weighted by Crippen LogP contribution is 2.16. The number of hydrogen-bond donors (Lipinski definition) is 5. The summed E-state index contributed by atoms with van der Waals surface area (Å²) in [5.41, 5.74) is 0. The van der Waals surface area contributed by atoms with Crippen molar-refractivity contribution in [2.24, 2.45) is 0 Å². The second-order valence-corrected chi connectivity index (χ2v) is 19.3. The summed E-state index contributed by atoms with van der Waals surface area (Å²) in [5.74, 6) is -0.603. The molecule has 4 unspecified atom stereocenters. The maximum Gasteiger partial charge on any atom is 0.249 e. The fraction of sp³-hybridized carbons (Fsp3) is 0.845. The molecule has 1 amide bonds. The molecule has 0 aliphatic rings. The fourth-order valence-corrected chi connectivity index (χ4v) is 8.55. The van der Waals surface area contributed by atoms with E-state index < -0.39 is 36.9 Å². The highest BCUT2D eigenvalue weighted by Gasteiger charge is 2.28. The Bertz CT molecular complexity index is 1060. The number of aliphatic hydroxyl groups excluding tert-OH is 4. The molecule has 64 heavy (non-hydrogen) atoms. The first kappa shape index (κ1) is 62.3. The first-order valence-electron chi connectivity index (χ1n) is 28.0. The Balaban J connectivity index is 3.71. The van der Waals surface area contributed by atoms with Gasteiger partial charge in [-0.1, -0.05) is 242 Å². The first-order chi connectivity index (χ1) is 31.5. The minimum Gasteiger partial charge on any atom is -0.394 e. The maximum absolute atomic E-state index is 12.6. The van der Waals surface area contributed by atoms with Crippen LogP contribution in [0, 0.1) is 0 Å². The summed E-state index contributed by atoms with van der Waals surface area (Å²) in [6.45, 7) is 4.06. The molecule has 0 rings (SSSR count). The summed E-state index contributed by atoms with van der Waals surface area (Å²) in [6, 6.07) is -1.02. The number of unbranched alkanes of at least 4 members (excludes halogenated alkanes) is 34. The Hall–Kier alpha value is -1.73. The Labute approximate surface area is 398 Å². The van der Waals surface area contributed by atoms with Crippen molar-refractivity contribution < 1.29 is 25.2 Å². The zero-order valence-electron chi connectivity index (χ0n) is 42.5. The molecule has 0 fully saturated rings. The van der Waals surface area contributed by atoms with Gasteiger partial charge in [-0.3, -0.25) is 4.79 Å². The van der Waals surface area contributed by atoms with Crippen molar-refractivity contribution in [2.75, 3.05) is 6.61 Å². The molecule has 0 spiro atoms. The van der Waals surface area contributed by atoms with Gasteiger partial charge in [-0.2, -0.15) is 0 Å². The number of aliphatic hydroxyl groups is 4. The lowest BCUT2D eigenvalue weighted by Gasteiger charge is -2.27. The minimum atomic E-state index is -1.30. The third-order valence-corrected chi connectivity index (χ3v) is 13.0. The Morgan fingerprint density at radius 2 is 0.656 bits per heavy atom. The summed E-state index contributed by atoms with van der Waals surface area (Å²) in [5, 5.41) is 43.9. The van der Waals surface area contributed by atoms with Crippen LogP contribution >= 0.6 is 0 Å². The van der Waals surface area contributed by atoms with Crippen molar-refractivity contribution in [3.8, 4) is 0 Å². The molecule has 0 aliphatic heterocycles. The van der Waals surface area contributed by atoms with Crippen molar-refractivity contribution in [1.82, 2.24) is 5.32 Å². The van der Waals surface area contributed by atoms with Crippen molar-refractivity contribution in [3.63, 3.8) is 0 Å². The summed E-state index contributed by atoms with van der Waals surface area (Å²) in [6.07, 6.45) is 66.1. The predicted molar refractivity (Wildman–Crippen MR) is 279 cm³/mol. The van der Waals surface area contributed by atoms with Gasteiger partial charge in [0.1, 0.15) is 12.2 Å². The summed E-state index contributed by atoms with van der Waals surface area (Å²) >= 11 is 0. The number of carbonyl (C=O) groups excluding carboxylic acids is 1. The van der Waals surface area contributed by atoms with E-state index in [1.807, 2.05) is 0 Å². The van der Waals surface area contributed by atoms with Gasteiger partial charge in [0.25, 0.3) is 0 Å². The number of amides is 1. The quantitative estimate of drug-likeness (QED) is 0.0309. The van der Waals surface area contributed by atoms with Crippen LogP contribution in [0.15, 0.2) is 48.6 Å². The second-order valence-electron chi connectivity index (χ2n) is 19.3. The molecule has 0 bridgehead atoms. The van der Waals surface area contributed by atoms with E-state index in [0.29, 0.717) is 19.3 Å². The Morgan fingerprint density at radius 3 is 0.984 bits per heavy atom. The standard InChI is InChI=1S/C58H109NO5/c1-3-5-7-9-11-13-15-17-19-21-23-24-25-26-27-28-29-30-31-32-33-34-36-37-39-41-43-45-47-49-51-55(61)57(63)54(53-60)59-58(64)56(62)52-50-48-46-44-42-40-38-35-22-20-18-16-14-12-10-8-6-4-2/h22,31-32,35-37,43,45,54-57,60-63H,3-21,23-30,33-34,38-42,44,46-53H2,1-2H3,(H,59,64)/b32-31+,35-22-,37-36+,45-43+. The topological polar surface area (TPSA) is 110 Å². The summed E-state index contributed by atoms with van der Waals surface area (Å²) < 4.78 is 0. The molecule has 0 aromatic carbocycles. The zero-order valence-corrected chi connectivity index (χ0v) is 42.5. The molecule has 376 valence electrons. The molecule has 6 heteroatoms. The maximum atomic E-state index is 12.6. The van der Waals surface area contributed by atoms with Crippen LogP contribution in [0.1, 0.15) is 284 Å². The molecule has 0 aromatic rings. The monoisotopic (exact) mass is 900 g/mol. The van der Waals surface area contributed by atoms with Crippen LogP contribution in [-0.4, -0.2) is 57.3 Å². The smallest absolute Gasteiger partial charge is 0.249 e. The van der Waals surface area contributed by atoms with Gasteiger partial charge < -0.3 is 25.7 Å². The molecule has 0 aromatic heterocycles. The molecule has 6 nitrogen and oxygen atoms in total. The van der Waals surface area contributed by atoms with Crippen LogP contribution < -0.4 is 5.32 Å². The molecule has 4 atom stereocenters. The van der Waals surface area contributed by atoms with Crippen LogP contribution in [0.25, 0.3) is 0 Å². The van der Waals surface area contributed by atoms with Crippen LogP contribution in [-0.2, 0) is 4.79 Å². The zero-order chi connectivity index (χ0) is 46.7. The lowest BCUT2D eigenvalue weighted by molar-refractivity contribution is -0.132. The van der Waals surface area contributed by atoms with Gasteiger partial charge in [0.05, 0.1) is 18.8 Å². The van der Waals surface area contributed by atoms with Crippen LogP contribution in [0.5, 0.6) is 0 Å². The minimum absolute atomic E-state index is 0.350. The highest BCUT2D eigenvalue weighted by molar-refractivity contribution is 5.80. The third kappa shape index (κ3) is 45.4. The second kappa shape index (κ2) is 52.2. The molecule has 0 saturated carbocycles. The molecule has 0 saturated heterocycles. The van der Waals surface area contributed by atoms with Gasteiger partial charge in [0, 0.05) is 0 Å². The van der Waals surface area contributed by atoms with Crippen LogP contribution in [0.2, 0.25) is 0 Å². The van der Waals surface area contributed by atoms with E-state index in [4.69, 9.17) is 0 Å². The van der Waals surface area contributed by atoms with Gasteiger partial charge in [0.15, 0.2) is 0 Å². The van der Waals surface area contributed by atoms with E-state index in [1.165, 1.54) is 186 Å². The number of carbonyl (C=O) groups is 1. The van der Waals surface area contributed by atoms with Gasteiger partial charge in [-0.15, -0.1) is 0 Å². The molecule has 0 radical (unpaired) electrons. The molecular weight excluding hydrogens is 791 g/mol. The number of allylic oxidation sites excluding steroid dienone is 8. The van der Waals surface area contributed by atoms with E-state index in [9.17, 15) is 25.2 Å². The first-order valence-corrected chi connectivity index (χ1v) is 28.0. The average molecular weight is 901 g/mol. The fourth-order valence-electron chi connectivity index (χ4n) is 8.55. The van der Waals surface area contributed by atoms with E-state index in [1.54, 1.807) is 0 Å². The average Bonchev–Trinajstić information content (AvgIpc) is 3.30. The van der Waals surface area contributed by atoms with Gasteiger partial charge in [0.2, 0.25) is 5.91 Å². The van der Waals surface area contributed by atoms with Crippen molar-refractivity contribution in [1.29, 1.82) is 0 Å². The molecule has 0 heterocycles. The predicted octanol–water partition coefficient (Wildman–Crippen LogP) is 16.2. The van der Waals surface area contributed by atoms with Crippen molar-refractivity contribution in [2.45, 2.75) is 308 Å².